The lowest BCUT2D eigenvalue weighted by Crippen LogP contribution is -2.45. The van der Waals surface area contributed by atoms with Crippen LogP contribution in [-0.2, 0) is 0 Å². The second-order valence-electron chi connectivity index (χ2n) is 4.73. The molecule has 1 aromatic rings. The first-order valence-corrected chi connectivity index (χ1v) is 6.76. The fourth-order valence-corrected chi connectivity index (χ4v) is 2.53. The Hall–Kier alpha value is -1.27. The van der Waals surface area contributed by atoms with Crippen molar-refractivity contribution in [3.8, 4) is 5.75 Å². The van der Waals surface area contributed by atoms with Crippen molar-refractivity contribution in [2.75, 3.05) is 32.9 Å². The number of benzene rings is 1. The molecule has 1 saturated heterocycles. The van der Waals surface area contributed by atoms with Gasteiger partial charge in [-0.1, -0.05) is 12.1 Å². The predicted molar refractivity (Wildman–Crippen MR) is 70.8 cm³/mol. The van der Waals surface area contributed by atoms with Gasteiger partial charge in [0.1, 0.15) is 5.75 Å². The number of rotatable bonds is 6. The topological polar surface area (TPSA) is 24.5 Å². The van der Waals surface area contributed by atoms with E-state index in [0.29, 0.717) is 6.42 Å². The zero-order valence-electron chi connectivity index (χ0n) is 11.2. The number of alkyl halides is 3. The molecule has 0 saturated carbocycles. The highest BCUT2D eigenvalue weighted by Crippen LogP contribution is 2.27. The van der Waals surface area contributed by atoms with E-state index in [1.807, 2.05) is 0 Å². The van der Waals surface area contributed by atoms with Crippen LogP contribution in [0.25, 0.3) is 0 Å². The van der Waals surface area contributed by atoms with Crippen LogP contribution >= 0.6 is 0 Å². The smallest absolute Gasteiger partial charge is 0.387 e. The average molecular weight is 288 g/mol. The Morgan fingerprint density at radius 1 is 1.15 bits per heavy atom. The van der Waals surface area contributed by atoms with Crippen LogP contribution < -0.4 is 10.1 Å². The molecule has 0 bridgehead atoms. The fourth-order valence-electron chi connectivity index (χ4n) is 2.53. The first-order chi connectivity index (χ1) is 9.70. The molecule has 1 heterocycles. The van der Waals surface area contributed by atoms with Crippen molar-refractivity contribution in [3.05, 3.63) is 29.8 Å². The molecule has 112 valence electrons. The third-order valence-corrected chi connectivity index (χ3v) is 3.46. The van der Waals surface area contributed by atoms with E-state index in [1.165, 1.54) is 12.1 Å². The number of piperazine rings is 1. The van der Waals surface area contributed by atoms with E-state index in [0.717, 1.165) is 31.7 Å². The monoisotopic (exact) mass is 288 g/mol. The minimum Gasteiger partial charge on any atom is -0.435 e. The van der Waals surface area contributed by atoms with Crippen LogP contribution in [0.3, 0.4) is 0 Å². The summed E-state index contributed by atoms with van der Waals surface area (Å²) in [6.07, 6.45) is 0.412. The highest BCUT2D eigenvalue weighted by Gasteiger charge is 2.22. The molecule has 1 atom stereocenters. The molecular formula is C14H19F3N2O. The van der Waals surface area contributed by atoms with Gasteiger partial charge in [-0.05, 0) is 24.1 Å². The van der Waals surface area contributed by atoms with E-state index in [-0.39, 0.29) is 11.8 Å². The van der Waals surface area contributed by atoms with Crippen molar-refractivity contribution in [3.63, 3.8) is 0 Å². The van der Waals surface area contributed by atoms with Gasteiger partial charge in [-0.3, -0.25) is 9.29 Å². The minimum absolute atomic E-state index is 0.0114. The number of hydrogen-bond acceptors (Lipinski definition) is 3. The Morgan fingerprint density at radius 3 is 2.35 bits per heavy atom. The molecule has 6 heteroatoms. The van der Waals surface area contributed by atoms with E-state index in [4.69, 9.17) is 0 Å². The Morgan fingerprint density at radius 2 is 1.80 bits per heavy atom. The van der Waals surface area contributed by atoms with Crippen molar-refractivity contribution in [2.45, 2.75) is 19.1 Å². The fraction of sp³-hybridized carbons (Fsp3) is 0.571. The van der Waals surface area contributed by atoms with Crippen LogP contribution in [0, 0.1) is 0 Å². The molecule has 0 spiro atoms. The van der Waals surface area contributed by atoms with Gasteiger partial charge in [0, 0.05) is 32.2 Å². The van der Waals surface area contributed by atoms with Crippen LogP contribution in [0.5, 0.6) is 5.75 Å². The second kappa shape index (κ2) is 7.50. The van der Waals surface area contributed by atoms with Gasteiger partial charge in [0.05, 0.1) is 6.67 Å². The van der Waals surface area contributed by atoms with Gasteiger partial charge < -0.3 is 10.1 Å². The lowest BCUT2D eigenvalue weighted by molar-refractivity contribution is -0.0498. The van der Waals surface area contributed by atoms with Crippen molar-refractivity contribution in [1.29, 1.82) is 0 Å². The average Bonchev–Trinajstić information content (AvgIpc) is 2.46. The third kappa shape index (κ3) is 4.11. The summed E-state index contributed by atoms with van der Waals surface area (Å²) in [6.45, 7) is 0.268. The van der Waals surface area contributed by atoms with Gasteiger partial charge in [0.2, 0.25) is 0 Å². The van der Waals surface area contributed by atoms with Gasteiger partial charge in [0.25, 0.3) is 0 Å². The van der Waals surface area contributed by atoms with Crippen LogP contribution in [0.4, 0.5) is 13.2 Å². The number of nitrogens with zero attached hydrogens (tertiary/aromatic N) is 1. The van der Waals surface area contributed by atoms with Gasteiger partial charge in [0.15, 0.2) is 0 Å². The van der Waals surface area contributed by atoms with Crippen molar-refractivity contribution < 1.29 is 17.9 Å². The zero-order chi connectivity index (χ0) is 14.4. The normalized spacial score (nSPS) is 18.2. The van der Waals surface area contributed by atoms with E-state index in [9.17, 15) is 13.2 Å². The summed E-state index contributed by atoms with van der Waals surface area (Å²) in [5, 5.41) is 3.26. The van der Waals surface area contributed by atoms with Crippen molar-refractivity contribution in [2.24, 2.45) is 0 Å². The SMILES string of the molecule is FCC[C@H](c1ccc(OC(F)F)cc1)N1CCNCC1. The summed E-state index contributed by atoms with van der Waals surface area (Å²) >= 11 is 0. The van der Waals surface area contributed by atoms with Gasteiger partial charge in [-0.2, -0.15) is 8.78 Å². The Labute approximate surface area is 116 Å². The first kappa shape index (κ1) is 15.1. The Kier molecular flexibility index (Phi) is 5.67. The van der Waals surface area contributed by atoms with Crippen molar-refractivity contribution >= 4 is 0 Å². The summed E-state index contributed by atoms with van der Waals surface area (Å²) in [7, 11) is 0. The Bertz CT molecular complexity index is 394. The molecule has 2 rings (SSSR count). The summed E-state index contributed by atoms with van der Waals surface area (Å²) < 4.78 is 41.3. The van der Waals surface area contributed by atoms with Gasteiger partial charge in [-0.25, -0.2) is 0 Å². The van der Waals surface area contributed by atoms with Crippen LogP contribution in [0.15, 0.2) is 24.3 Å². The van der Waals surface area contributed by atoms with E-state index >= 15 is 0 Å². The molecule has 0 radical (unpaired) electrons. The van der Waals surface area contributed by atoms with Crippen LogP contribution in [-0.4, -0.2) is 44.4 Å². The number of ether oxygens (including phenoxy) is 1. The summed E-state index contributed by atoms with van der Waals surface area (Å²) in [6, 6.07) is 6.48. The molecule has 1 N–H and O–H groups in total. The largest absolute Gasteiger partial charge is 0.435 e. The molecule has 1 aliphatic rings. The van der Waals surface area contributed by atoms with E-state index < -0.39 is 13.3 Å². The molecule has 1 aliphatic heterocycles. The number of halogens is 3. The van der Waals surface area contributed by atoms with E-state index in [2.05, 4.69) is 15.0 Å². The summed E-state index contributed by atoms with van der Waals surface area (Å²) in [5.41, 5.74) is 0.936. The molecule has 0 unspecified atom stereocenters. The maximum absolute atomic E-state index is 12.8. The molecule has 0 aromatic heterocycles. The maximum Gasteiger partial charge on any atom is 0.387 e. The lowest BCUT2D eigenvalue weighted by Gasteiger charge is -2.35. The second-order valence-corrected chi connectivity index (χ2v) is 4.73. The van der Waals surface area contributed by atoms with Crippen LogP contribution in [0.2, 0.25) is 0 Å². The highest BCUT2D eigenvalue weighted by molar-refractivity contribution is 5.29. The minimum atomic E-state index is -2.82. The lowest BCUT2D eigenvalue weighted by atomic mass is 10.0. The first-order valence-electron chi connectivity index (χ1n) is 6.76. The number of nitrogens with one attached hydrogen (secondary N) is 1. The van der Waals surface area contributed by atoms with Gasteiger partial charge in [-0.15, -0.1) is 0 Å². The summed E-state index contributed by atoms with van der Waals surface area (Å²) in [5.74, 6) is 0.128. The standard InChI is InChI=1S/C14H19F3N2O/c15-6-5-13(19-9-7-18-8-10-19)11-1-3-12(4-2-11)20-14(16)17/h1-4,13-14,18H,5-10H2/t13-/m1/s1. The molecule has 0 amide bonds. The maximum atomic E-state index is 12.8. The molecule has 0 aliphatic carbocycles. The zero-order valence-corrected chi connectivity index (χ0v) is 11.2. The van der Waals surface area contributed by atoms with Gasteiger partial charge >= 0.3 is 6.61 Å². The van der Waals surface area contributed by atoms with Crippen LogP contribution in [0.1, 0.15) is 18.0 Å². The molecule has 1 fully saturated rings. The molecule has 20 heavy (non-hydrogen) atoms. The van der Waals surface area contributed by atoms with E-state index in [1.54, 1.807) is 12.1 Å². The number of hydrogen-bond donors (Lipinski definition) is 1. The van der Waals surface area contributed by atoms with Crippen molar-refractivity contribution in [1.82, 2.24) is 10.2 Å². The predicted octanol–water partition coefficient (Wildman–Crippen LogP) is 2.59. The highest BCUT2D eigenvalue weighted by atomic mass is 19.3. The third-order valence-electron chi connectivity index (χ3n) is 3.46. The molecule has 3 nitrogen and oxygen atoms in total. The Balaban J connectivity index is 2.07. The summed E-state index contributed by atoms with van der Waals surface area (Å²) in [4.78, 5) is 2.22. The molecule has 1 aromatic carbocycles. The molecular weight excluding hydrogens is 269 g/mol. The quantitative estimate of drug-likeness (QED) is 0.871.